The summed E-state index contributed by atoms with van der Waals surface area (Å²) in [6.07, 6.45) is 0. The van der Waals surface area contributed by atoms with Gasteiger partial charge in [-0.05, 0) is 34.6 Å². The van der Waals surface area contributed by atoms with Crippen LogP contribution in [0.5, 0.6) is 0 Å². The van der Waals surface area contributed by atoms with Gasteiger partial charge in [-0.3, -0.25) is 10.1 Å². The fraction of sp³-hybridized carbons (Fsp3) is 0.300. The van der Waals surface area contributed by atoms with Gasteiger partial charge in [-0.2, -0.15) is 0 Å². The van der Waals surface area contributed by atoms with Crippen LogP contribution in [0.15, 0.2) is 48.5 Å². The number of para-hydroxylation sites is 1. The second kappa shape index (κ2) is 4.63. The average Bonchev–Trinajstić information content (AvgIpc) is 3.12. The molecule has 0 fully saturated rings. The Morgan fingerprint density at radius 2 is 2.00 bits per heavy atom. The Balaban J connectivity index is 1.67. The molecule has 0 radical (unpaired) electrons. The molecular formula is C20H19N3O2. The van der Waals surface area contributed by atoms with Gasteiger partial charge in [-0.15, -0.1) is 0 Å². The minimum atomic E-state index is -0.311. The van der Waals surface area contributed by atoms with Gasteiger partial charge in [0.2, 0.25) is 0 Å². The number of benzene rings is 2. The SMILES string of the molecule is CC1(C)c2cc([N+](=O)[O-])ccc2N[C@H]2c3cc4ccccc4n3C[C@H]21. The minimum Gasteiger partial charge on any atom is -0.376 e. The van der Waals surface area contributed by atoms with Crippen LogP contribution in [0.3, 0.4) is 0 Å². The molecule has 2 aliphatic rings. The molecule has 5 heteroatoms. The fourth-order valence-corrected chi connectivity index (χ4v) is 4.69. The summed E-state index contributed by atoms with van der Waals surface area (Å²) < 4.78 is 2.40. The van der Waals surface area contributed by atoms with E-state index >= 15 is 0 Å². The van der Waals surface area contributed by atoms with Crippen molar-refractivity contribution in [1.29, 1.82) is 0 Å². The van der Waals surface area contributed by atoms with Crippen LogP contribution >= 0.6 is 0 Å². The number of hydrogen-bond donors (Lipinski definition) is 1. The van der Waals surface area contributed by atoms with Gasteiger partial charge < -0.3 is 9.88 Å². The van der Waals surface area contributed by atoms with Crippen molar-refractivity contribution >= 4 is 22.3 Å². The Morgan fingerprint density at radius 3 is 2.80 bits per heavy atom. The number of hydrogen-bond acceptors (Lipinski definition) is 3. The van der Waals surface area contributed by atoms with Crippen LogP contribution in [0.1, 0.15) is 31.1 Å². The third-order valence-electron chi connectivity index (χ3n) is 6.09. The highest BCUT2D eigenvalue weighted by Crippen LogP contribution is 2.53. The van der Waals surface area contributed by atoms with Crippen molar-refractivity contribution in [2.24, 2.45) is 5.92 Å². The Bertz CT molecular complexity index is 1030. The minimum absolute atomic E-state index is 0.141. The summed E-state index contributed by atoms with van der Waals surface area (Å²) >= 11 is 0. The van der Waals surface area contributed by atoms with Gasteiger partial charge in [0.05, 0.1) is 11.0 Å². The van der Waals surface area contributed by atoms with Gasteiger partial charge in [-0.25, -0.2) is 0 Å². The first-order valence-electron chi connectivity index (χ1n) is 8.60. The molecule has 1 N–H and O–H groups in total. The van der Waals surface area contributed by atoms with Crippen molar-refractivity contribution < 1.29 is 4.92 Å². The predicted octanol–water partition coefficient (Wildman–Crippen LogP) is 4.62. The smallest absolute Gasteiger partial charge is 0.269 e. The summed E-state index contributed by atoms with van der Waals surface area (Å²) in [6.45, 7) is 5.35. The number of nitro benzene ring substituents is 1. The summed E-state index contributed by atoms with van der Waals surface area (Å²) in [5.74, 6) is 0.363. The molecule has 25 heavy (non-hydrogen) atoms. The van der Waals surface area contributed by atoms with Crippen LogP contribution in [0.2, 0.25) is 0 Å². The third kappa shape index (κ3) is 1.83. The number of non-ortho nitro benzene ring substituents is 1. The highest BCUT2D eigenvalue weighted by molar-refractivity contribution is 5.82. The lowest BCUT2D eigenvalue weighted by Gasteiger charge is -2.42. The predicted molar refractivity (Wildman–Crippen MR) is 97.9 cm³/mol. The molecule has 2 aliphatic heterocycles. The van der Waals surface area contributed by atoms with Crippen LogP contribution in [-0.2, 0) is 12.0 Å². The van der Waals surface area contributed by atoms with Crippen molar-refractivity contribution in [2.45, 2.75) is 31.8 Å². The molecule has 2 aromatic carbocycles. The zero-order valence-electron chi connectivity index (χ0n) is 14.2. The lowest BCUT2D eigenvalue weighted by molar-refractivity contribution is -0.385. The summed E-state index contributed by atoms with van der Waals surface area (Å²) in [5, 5.41) is 16.1. The van der Waals surface area contributed by atoms with E-state index < -0.39 is 0 Å². The van der Waals surface area contributed by atoms with Gasteiger partial charge in [0.1, 0.15) is 0 Å². The monoisotopic (exact) mass is 333 g/mol. The van der Waals surface area contributed by atoms with Crippen LogP contribution in [0.4, 0.5) is 11.4 Å². The quantitative estimate of drug-likeness (QED) is 0.522. The molecular weight excluding hydrogens is 314 g/mol. The Hall–Kier alpha value is -2.82. The van der Waals surface area contributed by atoms with E-state index in [0.717, 1.165) is 17.8 Å². The zero-order chi connectivity index (χ0) is 17.3. The maximum absolute atomic E-state index is 11.2. The summed E-state index contributed by atoms with van der Waals surface area (Å²) in [5.41, 5.74) is 4.64. The normalized spacial score (nSPS) is 22.8. The first kappa shape index (κ1) is 14.5. The van der Waals surface area contributed by atoms with E-state index in [4.69, 9.17) is 0 Å². The summed E-state index contributed by atoms with van der Waals surface area (Å²) in [4.78, 5) is 10.9. The van der Waals surface area contributed by atoms with Crippen molar-refractivity contribution in [3.63, 3.8) is 0 Å². The van der Waals surface area contributed by atoms with Crippen molar-refractivity contribution in [3.05, 3.63) is 69.9 Å². The molecule has 0 amide bonds. The Labute approximate surface area is 145 Å². The van der Waals surface area contributed by atoms with E-state index in [1.807, 2.05) is 6.07 Å². The number of fused-ring (bicyclic) bond motifs is 6. The molecule has 126 valence electrons. The van der Waals surface area contributed by atoms with E-state index in [0.29, 0.717) is 5.92 Å². The van der Waals surface area contributed by atoms with Crippen LogP contribution in [-0.4, -0.2) is 9.49 Å². The van der Waals surface area contributed by atoms with E-state index in [1.165, 1.54) is 16.6 Å². The number of aromatic nitrogens is 1. The highest BCUT2D eigenvalue weighted by atomic mass is 16.6. The molecule has 1 aromatic heterocycles. The number of anilines is 1. The van der Waals surface area contributed by atoms with E-state index in [2.05, 4.69) is 54.1 Å². The molecule has 3 heterocycles. The standard InChI is InChI=1S/C20H19N3O2/c1-20(2)14-10-13(23(24)25)7-8-16(14)21-19-15(20)11-22-17-6-4-3-5-12(17)9-18(19)22/h3-10,15,19,21H,11H2,1-2H3/t15-,19-/m1/s1. The van der Waals surface area contributed by atoms with Crippen molar-refractivity contribution in [2.75, 3.05) is 5.32 Å². The first-order chi connectivity index (χ1) is 12.0. The molecule has 0 saturated heterocycles. The fourth-order valence-electron chi connectivity index (χ4n) is 4.69. The topological polar surface area (TPSA) is 60.1 Å². The maximum Gasteiger partial charge on any atom is 0.269 e. The molecule has 0 spiro atoms. The number of nitrogens with one attached hydrogen (secondary N) is 1. The van der Waals surface area contributed by atoms with E-state index in [-0.39, 0.29) is 22.1 Å². The first-order valence-corrected chi connectivity index (χ1v) is 8.60. The largest absolute Gasteiger partial charge is 0.376 e. The Kier molecular flexibility index (Phi) is 2.69. The number of nitrogens with zero attached hydrogens (tertiary/aromatic N) is 2. The second-order valence-electron chi connectivity index (χ2n) is 7.68. The molecule has 0 unspecified atom stereocenters. The van der Waals surface area contributed by atoms with Crippen LogP contribution in [0.25, 0.3) is 10.9 Å². The lowest BCUT2D eigenvalue weighted by Crippen LogP contribution is -2.39. The molecule has 0 saturated carbocycles. The molecule has 5 nitrogen and oxygen atoms in total. The second-order valence-corrected chi connectivity index (χ2v) is 7.68. The maximum atomic E-state index is 11.2. The van der Waals surface area contributed by atoms with Crippen LogP contribution < -0.4 is 5.32 Å². The Morgan fingerprint density at radius 1 is 1.20 bits per heavy atom. The van der Waals surface area contributed by atoms with E-state index in [9.17, 15) is 10.1 Å². The third-order valence-corrected chi connectivity index (χ3v) is 6.09. The van der Waals surface area contributed by atoms with Crippen molar-refractivity contribution in [3.8, 4) is 0 Å². The molecule has 5 rings (SSSR count). The summed E-state index contributed by atoms with van der Waals surface area (Å²) in [6, 6.07) is 16.2. The average molecular weight is 333 g/mol. The molecule has 0 aliphatic carbocycles. The van der Waals surface area contributed by atoms with Gasteiger partial charge in [0, 0.05) is 41.5 Å². The van der Waals surface area contributed by atoms with Gasteiger partial charge in [0.15, 0.2) is 0 Å². The highest BCUT2D eigenvalue weighted by Gasteiger charge is 2.48. The van der Waals surface area contributed by atoms with Crippen LogP contribution in [0, 0.1) is 16.0 Å². The van der Waals surface area contributed by atoms with E-state index in [1.54, 1.807) is 12.1 Å². The number of nitro groups is 1. The lowest BCUT2D eigenvalue weighted by atomic mass is 9.67. The molecule has 0 bridgehead atoms. The summed E-state index contributed by atoms with van der Waals surface area (Å²) in [7, 11) is 0. The van der Waals surface area contributed by atoms with Gasteiger partial charge in [0.25, 0.3) is 5.69 Å². The van der Waals surface area contributed by atoms with Gasteiger partial charge in [-0.1, -0.05) is 32.0 Å². The van der Waals surface area contributed by atoms with Gasteiger partial charge >= 0.3 is 0 Å². The number of rotatable bonds is 1. The zero-order valence-corrected chi connectivity index (χ0v) is 14.2. The molecule has 3 aromatic rings. The van der Waals surface area contributed by atoms with Crippen molar-refractivity contribution in [1.82, 2.24) is 4.57 Å². The molecule has 2 atom stereocenters.